The van der Waals surface area contributed by atoms with Gasteiger partial charge in [0, 0.05) is 17.1 Å². The van der Waals surface area contributed by atoms with Crippen LogP contribution in [0.15, 0.2) is 35.1 Å². The number of fused-ring (bicyclic) bond motifs is 1. The van der Waals surface area contributed by atoms with Gasteiger partial charge in [0.1, 0.15) is 17.8 Å². The average molecular weight is 191 g/mol. The zero-order chi connectivity index (χ0) is 9.54. The first-order valence-electron chi connectivity index (χ1n) is 4.28. The molecule has 1 aromatic carbocycles. The Morgan fingerprint density at radius 2 is 2.21 bits per heavy atom. The van der Waals surface area contributed by atoms with Gasteiger partial charge in [-0.15, -0.1) is 0 Å². The van der Waals surface area contributed by atoms with Gasteiger partial charge in [0.05, 0.1) is 0 Å². The minimum Gasteiger partial charge on any atom is -0.371 e. The van der Waals surface area contributed by atoms with Crippen LogP contribution in [-0.2, 0) is 0 Å². The van der Waals surface area contributed by atoms with Crippen molar-refractivity contribution in [2.24, 2.45) is 0 Å². The molecule has 0 unspecified atom stereocenters. The van der Waals surface area contributed by atoms with Crippen molar-refractivity contribution in [2.45, 2.75) is 0 Å². The third kappa shape index (κ3) is 0.891. The van der Waals surface area contributed by atoms with E-state index < -0.39 is 0 Å². The lowest BCUT2D eigenvalue weighted by atomic mass is 10.2. The second-order valence-electron chi connectivity index (χ2n) is 2.99. The first-order valence-corrected chi connectivity index (χ1v) is 4.28. The van der Waals surface area contributed by atoms with Crippen LogP contribution in [0.3, 0.4) is 0 Å². The Morgan fingerprint density at radius 3 is 3.00 bits per heavy atom. The maximum atomic E-state index is 5.04. The number of para-hydroxylation sites is 1. The van der Waals surface area contributed by atoms with Crippen LogP contribution in [0, 0.1) is 0 Å². The third-order valence-electron chi connectivity index (χ3n) is 2.20. The first kappa shape index (κ1) is 7.37. The molecule has 0 bridgehead atoms. The molecular weight excluding hydrogens is 182 g/mol. The summed E-state index contributed by atoms with van der Waals surface area (Å²) in [7, 11) is 1.55. The summed E-state index contributed by atoms with van der Waals surface area (Å²) in [5, 5.41) is 2.40. The Bertz CT molecular complexity index is 554. The fraction of sp³-hybridized carbons (Fsp3) is 0.111. The summed E-state index contributed by atoms with van der Waals surface area (Å²) >= 11 is 0. The van der Waals surface area contributed by atoms with E-state index in [1.807, 2.05) is 30.5 Å². The van der Waals surface area contributed by atoms with Gasteiger partial charge < -0.3 is 9.82 Å². The molecule has 5 nitrogen and oxygen atoms in total. The van der Waals surface area contributed by atoms with Crippen LogP contribution in [0.1, 0.15) is 0 Å². The lowest BCUT2D eigenvalue weighted by molar-refractivity contribution is 0.0973. The van der Waals surface area contributed by atoms with E-state index in [0.29, 0.717) is 0 Å². The molecule has 0 radical (unpaired) electrons. The van der Waals surface area contributed by atoms with Gasteiger partial charge in [-0.3, -0.25) is 0 Å². The van der Waals surface area contributed by atoms with Crippen LogP contribution < -0.4 is 4.84 Å². The highest BCUT2D eigenvalue weighted by Crippen LogP contribution is 2.22. The second-order valence-corrected chi connectivity index (χ2v) is 2.99. The number of hydrogen-bond donors (Lipinski definition) is 1. The van der Waals surface area contributed by atoms with Gasteiger partial charge in [-0.05, 0) is 10.9 Å². The summed E-state index contributed by atoms with van der Waals surface area (Å²) in [6.07, 6.45) is 1.88. The molecule has 0 aliphatic rings. The maximum Gasteiger partial charge on any atom is 0.134 e. The number of benzene rings is 1. The number of nitrogens with one attached hydrogen (secondary N) is 1. The van der Waals surface area contributed by atoms with Gasteiger partial charge in [-0.2, -0.15) is 0 Å². The molecule has 0 aliphatic carbocycles. The Kier molecular flexibility index (Phi) is 1.30. The van der Waals surface area contributed by atoms with Crippen molar-refractivity contribution >= 4 is 10.9 Å². The SMILES string of the molecule is COn1on1-c1c[nH]c2ccccc12. The zero-order valence-electron chi connectivity index (χ0n) is 7.60. The standard InChI is InChI=1S/C9H9N3O2/c1-13-12-11(14-12)9-6-10-8-5-3-2-4-7(8)9/h2-6,10H,1H3. The summed E-state index contributed by atoms with van der Waals surface area (Å²) in [6, 6.07) is 8.01. The van der Waals surface area contributed by atoms with Gasteiger partial charge >= 0.3 is 0 Å². The molecule has 0 amide bonds. The van der Waals surface area contributed by atoms with Crippen LogP contribution in [0.4, 0.5) is 0 Å². The molecule has 0 fully saturated rings. The minimum atomic E-state index is 0.947. The van der Waals surface area contributed by atoms with Crippen LogP contribution >= 0.6 is 0 Å². The highest BCUT2D eigenvalue weighted by atomic mass is 17.0. The van der Waals surface area contributed by atoms with Crippen molar-refractivity contribution in [1.82, 2.24) is 14.9 Å². The Hall–Kier alpha value is -2.04. The molecule has 3 rings (SSSR count). The number of rotatable bonds is 2. The molecule has 1 N–H and O–H groups in total. The molecule has 0 aliphatic heterocycles. The number of nitrogens with zero attached hydrogens (tertiary/aromatic N) is 2. The first-order chi connectivity index (χ1) is 6.90. The normalized spacial score (nSPS) is 11.2. The smallest absolute Gasteiger partial charge is 0.134 e. The van der Waals surface area contributed by atoms with Crippen LogP contribution in [0.2, 0.25) is 0 Å². The average Bonchev–Trinajstić information content (AvgIpc) is 2.90. The van der Waals surface area contributed by atoms with E-state index in [9.17, 15) is 0 Å². The van der Waals surface area contributed by atoms with E-state index in [0.717, 1.165) is 16.6 Å². The van der Waals surface area contributed by atoms with Crippen molar-refractivity contribution in [1.29, 1.82) is 0 Å². The summed E-state index contributed by atoms with van der Waals surface area (Å²) < 4.78 is 5.04. The highest BCUT2D eigenvalue weighted by molar-refractivity contribution is 5.87. The molecule has 2 heterocycles. The Balaban J connectivity index is 2.18. The largest absolute Gasteiger partial charge is 0.371 e. The minimum absolute atomic E-state index is 0.947. The molecule has 0 saturated heterocycles. The van der Waals surface area contributed by atoms with Crippen molar-refractivity contribution < 1.29 is 9.47 Å². The summed E-state index contributed by atoms with van der Waals surface area (Å²) in [4.78, 5) is 9.59. The van der Waals surface area contributed by atoms with Crippen molar-refractivity contribution in [3.05, 3.63) is 30.5 Å². The van der Waals surface area contributed by atoms with E-state index in [4.69, 9.17) is 9.47 Å². The summed E-state index contributed by atoms with van der Waals surface area (Å²) in [5.41, 5.74) is 2.02. The molecule has 0 saturated carbocycles. The van der Waals surface area contributed by atoms with Gasteiger partial charge in [-0.1, -0.05) is 18.2 Å². The predicted octanol–water partition coefficient (Wildman–Crippen LogP) is 1.41. The fourth-order valence-corrected chi connectivity index (χ4v) is 1.50. The molecule has 0 atom stereocenters. The van der Waals surface area contributed by atoms with Crippen molar-refractivity contribution in [2.75, 3.05) is 7.11 Å². The quantitative estimate of drug-likeness (QED) is 0.665. The van der Waals surface area contributed by atoms with Crippen molar-refractivity contribution in [3.8, 4) is 5.69 Å². The van der Waals surface area contributed by atoms with Gasteiger partial charge in [0.2, 0.25) is 0 Å². The van der Waals surface area contributed by atoms with Crippen LogP contribution in [0.5, 0.6) is 0 Å². The van der Waals surface area contributed by atoms with Gasteiger partial charge in [-0.25, -0.2) is 4.63 Å². The number of aromatic amines is 1. The summed E-state index contributed by atoms with van der Waals surface area (Å²) in [6.45, 7) is 0. The topological polar surface area (TPSA) is 48.0 Å². The molecule has 0 spiro atoms. The molecule has 14 heavy (non-hydrogen) atoms. The van der Waals surface area contributed by atoms with E-state index in [1.165, 1.54) is 5.02 Å². The fourth-order valence-electron chi connectivity index (χ4n) is 1.50. The van der Waals surface area contributed by atoms with E-state index in [-0.39, 0.29) is 0 Å². The number of H-pyrrole nitrogens is 1. The highest BCUT2D eigenvalue weighted by Gasteiger charge is 2.17. The van der Waals surface area contributed by atoms with Crippen LogP contribution in [-0.4, -0.2) is 22.0 Å². The van der Waals surface area contributed by atoms with Gasteiger partial charge in [0.15, 0.2) is 0 Å². The maximum absolute atomic E-state index is 5.04. The number of aromatic nitrogens is 3. The van der Waals surface area contributed by atoms with Crippen LogP contribution in [0.25, 0.3) is 16.6 Å². The third-order valence-corrected chi connectivity index (χ3v) is 2.20. The molecular formula is C9H9N3O2. The zero-order valence-corrected chi connectivity index (χ0v) is 7.60. The molecule has 2 aromatic heterocycles. The monoisotopic (exact) mass is 191 g/mol. The lowest BCUT2D eigenvalue weighted by Crippen LogP contribution is -1.99. The molecule has 5 heteroatoms. The van der Waals surface area contributed by atoms with E-state index in [2.05, 4.69) is 4.98 Å². The molecule has 3 aromatic rings. The van der Waals surface area contributed by atoms with E-state index >= 15 is 0 Å². The Morgan fingerprint density at radius 1 is 1.36 bits per heavy atom. The van der Waals surface area contributed by atoms with Gasteiger partial charge in [0.25, 0.3) is 0 Å². The summed E-state index contributed by atoms with van der Waals surface area (Å²) in [5.74, 6) is 0. The second kappa shape index (κ2) is 2.47. The predicted molar refractivity (Wildman–Crippen MR) is 50.4 cm³/mol. The van der Waals surface area contributed by atoms with Crippen molar-refractivity contribution in [3.63, 3.8) is 0 Å². The number of hydrogen-bond acceptors (Lipinski definition) is 2. The molecule has 72 valence electrons. The lowest BCUT2D eigenvalue weighted by Gasteiger charge is -1.88. The Labute approximate surface area is 79.3 Å². The van der Waals surface area contributed by atoms with E-state index in [1.54, 1.807) is 12.0 Å².